The minimum Gasteiger partial charge on any atom is -0.255 e. The number of hydrogen-bond donors (Lipinski definition) is 0. The third-order valence-electron chi connectivity index (χ3n) is 0. The summed E-state index contributed by atoms with van der Waals surface area (Å²) in [7, 11) is 0.500. The molecule has 0 rings (SSSR count). The molecule has 0 aliphatic rings. The second-order valence-corrected chi connectivity index (χ2v) is 0. The van der Waals surface area contributed by atoms with Crippen molar-refractivity contribution in [3.63, 3.8) is 0 Å². The fourth-order valence-electron chi connectivity index (χ4n) is 0. The Morgan fingerprint density at radius 2 is 1.25 bits per heavy atom. The van der Waals surface area contributed by atoms with E-state index in [4.69, 9.17) is 0 Å². The van der Waals surface area contributed by atoms with E-state index in [0.29, 0.717) is 7.18 Å². The molecule has 0 unspecified atom stereocenters. The molecule has 3 heteroatoms. The van der Waals surface area contributed by atoms with Gasteiger partial charge in [0.2, 0.25) is 0 Å². The number of halogens is 1. The summed E-state index contributed by atoms with van der Waals surface area (Å²) >= 11 is 0. The largest absolute Gasteiger partial charge is 0.255 e. The topological polar surface area (TPSA) is 0 Å². The van der Waals surface area contributed by atoms with Crippen molar-refractivity contribution < 1.29 is 45.3 Å². The van der Waals surface area contributed by atoms with E-state index in [2.05, 4.69) is 0 Å². The Morgan fingerprint density at radius 1 is 1.25 bits per heavy atom. The van der Waals surface area contributed by atoms with Gasteiger partial charge in [-0.2, -0.15) is 0 Å². The Morgan fingerprint density at radius 3 is 1.25 bits per heavy atom. The van der Waals surface area contributed by atoms with E-state index in [9.17, 15) is 4.39 Å². The van der Waals surface area contributed by atoms with Crippen LogP contribution < -0.4 is 0 Å². The predicted octanol–water partition coefficient (Wildman–Crippen LogP) is 0.581. The molecule has 0 atom stereocenters. The van der Waals surface area contributed by atoms with Crippen LogP contribution in [-0.4, -0.2) is 7.18 Å². The maximum absolute atomic E-state index is 9.50. The normalized spacial score (nSPS) is 1.50. The fourth-order valence-corrected chi connectivity index (χ4v) is 0. The average molecular weight is 193 g/mol. The van der Waals surface area contributed by atoms with Crippen LogP contribution in [0, 0.1) is 0 Å². The van der Waals surface area contributed by atoms with Crippen molar-refractivity contribution in [1.82, 2.24) is 0 Å². The molecule has 0 aliphatic carbocycles. The molecule has 0 heterocycles. The number of hydrogen-bond acceptors (Lipinski definition) is 0. The van der Waals surface area contributed by atoms with E-state index in [1.165, 1.54) is 0 Å². The van der Waals surface area contributed by atoms with Crippen LogP contribution in [0.4, 0.5) is 4.39 Å². The van der Waals surface area contributed by atoms with Crippen LogP contribution in [0.3, 0.4) is 0 Å². The van der Waals surface area contributed by atoms with Crippen molar-refractivity contribution in [2.24, 2.45) is 0 Å². The standard InChI is InChI=1S/CH3F.Ag.V/c1-2;;/h1H3;;. The van der Waals surface area contributed by atoms with E-state index in [1.807, 2.05) is 0 Å². The molecular formula is CH3AgFV. The first-order valence-corrected chi connectivity index (χ1v) is 0.378. The van der Waals surface area contributed by atoms with Gasteiger partial charge in [-0.25, -0.2) is 0 Å². The second kappa shape index (κ2) is 28.6. The fraction of sp³-hybridized carbons (Fsp3) is 1.00. The summed E-state index contributed by atoms with van der Waals surface area (Å²) in [5.41, 5.74) is 0. The van der Waals surface area contributed by atoms with Gasteiger partial charge in [-0.3, -0.25) is 4.39 Å². The van der Waals surface area contributed by atoms with Gasteiger partial charge in [-0.1, -0.05) is 0 Å². The summed E-state index contributed by atoms with van der Waals surface area (Å²) in [6, 6.07) is 0. The van der Waals surface area contributed by atoms with Crippen LogP contribution in [0.1, 0.15) is 0 Å². The second-order valence-electron chi connectivity index (χ2n) is 0. The molecule has 0 aromatic rings. The van der Waals surface area contributed by atoms with Crippen molar-refractivity contribution in [2.45, 2.75) is 0 Å². The van der Waals surface area contributed by atoms with Crippen LogP contribution in [0.15, 0.2) is 0 Å². The molecule has 2 radical (unpaired) electrons. The van der Waals surface area contributed by atoms with E-state index in [1.54, 1.807) is 0 Å². The zero-order valence-corrected chi connectivity index (χ0v) is 5.01. The quantitative estimate of drug-likeness (QED) is 0.493. The Labute approximate surface area is 52.5 Å². The SMILES string of the molecule is CF.[Ag].[V]. The van der Waals surface area contributed by atoms with Crippen LogP contribution in [0.25, 0.3) is 0 Å². The molecule has 0 fully saturated rings. The molecule has 0 saturated heterocycles. The van der Waals surface area contributed by atoms with E-state index >= 15 is 0 Å². The predicted molar refractivity (Wildman–Crippen MR) is 7.03 cm³/mol. The zero-order valence-electron chi connectivity index (χ0n) is 2.13. The molecular weight excluding hydrogens is 190 g/mol. The Hall–Kier alpha value is 1.25. The third kappa shape index (κ3) is 10.5. The molecule has 0 aliphatic heterocycles. The molecule has 0 aromatic heterocycles. The first kappa shape index (κ1) is 18.7. The van der Waals surface area contributed by atoms with Crippen molar-refractivity contribution >= 4 is 0 Å². The zero-order chi connectivity index (χ0) is 2.00. The molecule has 0 saturated carbocycles. The van der Waals surface area contributed by atoms with Gasteiger partial charge in [-0.05, 0) is 0 Å². The molecule has 0 amide bonds. The van der Waals surface area contributed by atoms with Crippen molar-refractivity contribution in [3.8, 4) is 0 Å². The molecule has 0 aromatic carbocycles. The van der Waals surface area contributed by atoms with Crippen molar-refractivity contribution in [1.29, 1.82) is 0 Å². The Kier molecular flexibility index (Phi) is 134. The van der Waals surface area contributed by atoms with Gasteiger partial charge in [0, 0.05) is 40.9 Å². The molecule has 0 spiro atoms. The summed E-state index contributed by atoms with van der Waals surface area (Å²) in [5, 5.41) is 0. The van der Waals surface area contributed by atoms with Gasteiger partial charge < -0.3 is 0 Å². The summed E-state index contributed by atoms with van der Waals surface area (Å²) in [6.45, 7) is 0. The maximum Gasteiger partial charge on any atom is 0.0785 e. The van der Waals surface area contributed by atoms with Crippen LogP contribution in [0.2, 0.25) is 0 Å². The van der Waals surface area contributed by atoms with Crippen LogP contribution >= 0.6 is 0 Å². The number of rotatable bonds is 0. The van der Waals surface area contributed by atoms with Gasteiger partial charge in [0.15, 0.2) is 0 Å². The minimum atomic E-state index is 0. The summed E-state index contributed by atoms with van der Waals surface area (Å²) in [6.07, 6.45) is 0. The van der Waals surface area contributed by atoms with Gasteiger partial charge >= 0.3 is 0 Å². The molecule has 30 valence electrons. The Bertz CT molecular complexity index is 8.00. The van der Waals surface area contributed by atoms with Gasteiger partial charge in [0.25, 0.3) is 0 Å². The maximum atomic E-state index is 9.50. The summed E-state index contributed by atoms with van der Waals surface area (Å²) < 4.78 is 9.50. The van der Waals surface area contributed by atoms with E-state index in [0.717, 1.165) is 0 Å². The smallest absolute Gasteiger partial charge is 0.0785 e. The number of alkyl halides is 1. The third-order valence-corrected chi connectivity index (χ3v) is 0. The van der Waals surface area contributed by atoms with Crippen molar-refractivity contribution in [2.75, 3.05) is 7.18 Å². The molecule has 0 nitrogen and oxygen atoms in total. The van der Waals surface area contributed by atoms with Gasteiger partial charge in [0.1, 0.15) is 0 Å². The first-order chi connectivity index (χ1) is 1.00. The van der Waals surface area contributed by atoms with E-state index in [-0.39, 0.29) is 40.9 Å². The molecule has 0 bridgehead atoms. The monoisotopic (exact) mass is 192 g/mol. The van der Waals surface area contributed by atoms with E-state index < -0.39 is 0 Å². The average Bonchev–Trinajstić information content (AvgIpc) is 1.00. The first-order valence-electron chi connectivity index (χ1n) is 0.378. The Balaban J connectivity index is -0.00000000500. The van der Waals surface area contributed by atoms with Crippen LogP contribution in [-0.2, 0) is 40.9 Å². The summed E-state index contributed by atoms with van der Waals surface area (Å²) in [4.78, 5) is 0. The summed E-state index contributed by atoms with van der Waals surface area (Å²) in [5.74, 6) is 0. The van der Waals surface area contributed by atoms with Gasteiger partial charge in [0.05, 0.1) is 7.18 Å². The van der Waals surface area contributed by atoms with Crippen LogP contribution in [0.5, 0.6) is 0 Å². The van der Waals surface area contributed by atoms with Crippen molar-refractivity contribution in [3.05, 3.63) is 0 Å². The minimum absolute atomic E-state index is 0. The molecule has 0 N–H and O–H groups in total. The van der Waals surface area contributed by atoms with Gasteiger partial charge in [-0.15, -0.1) is 0 Å². The molecule has 4 heavy (non-hydrogen) atoms.